The lowest BCUT2D eigenvalue weighted by atomic mass is 10.1. The predicted molar refractivity (Wildman–Crippen MR) is 101 cm³/mol. The van der Waals surface area contributed by atoms with Crippen molar-refractivity contribution in [3.05, 3.63) is 51.8 Å². The molecule has 0 bridgehead atoms. The lowest BCUT2D eigenvalue weighted by Gasteiger charge is -2.35. The van der Waals surface area contributed by atoms with Gasteiger partial charge in [0.2, 0.25) is 5.91 Å². The van der Waals surface area contributed by atoms with Gasteiger partial charge in [-0.25, -0.2) is 0 Å². The summed E-state index contributed by atoms with van der Waals surface area (Å²) in [5.74, 6) is -0.0809. The largest absolute Gasteiger partial charge is 0.339 e. The van der Waals surface area contributed by atoms with Gasteiger partial charge in [-0.15, -0.1) is 0 Å². The minimum absolute atomic E-state index is 0.0750. The summed E-state index contributed by atoms with van der Waals surface area (Å²) in [6, 6.07) is 5.02. The standard InChI is InChI=1S/C18H20Cl2N4O2/c1-13-11-21-24(12-13)6-5-16(25)22-7-9-23(10-8-22)18(26)14-3-2-4-15(19)17(14)20/h2-4,11-12H,5-10H2,1H3. The van der Waals surface area contributed by atoms with Crippen LogP contribution in [-0.2, 0) is 11.3 Å². The van der Waals surface area contributed by atoms with E-state index in [1.54, 1.807) is 38.9 Å². The van der Waals surface area contributed by atoms with Crippen molar-refractivity contribution in [3.8, 4) is 0 Å². The summed E-state index contributed by atoms with van der Waals surface area (Å²) in [4.78, 5) is 28.5. The third kappa shape index (κ3) is 4.19. The Labute approximate surface area is 162 Å². The molecule has 26 heavy (non-hydrogen) atoms. The number of hydrogen-bond donors (Lipinski definition) is 0. The molecule has 0 unspecified atom stereocenters. The van der Waals surface area contributed by atoms with E-state index in [4.69, 9.17) is 23.2 Å². The maximum Gasteiger partial charge on any atom is 0.255 e. The van der Waals surface area contributed by atoms with Crippen molar-refractivity contribution in [2.75, 3.05) is 26.2 Å². The minimum atomic E-state index is -0.156. The molecule has 138 valence electrons. The lowest BCUT2D eigenvalue weighted by molar-refractivity contribution is -0.132. The van der Waals surface area contributed by atoms with Crippen molar-refractivity contribution in [2.24, 2.45) is 0 Å². The van der Waals surface area contributed by atoms with Crippen molar-refractivity contribution >= 4 is 35.0 Å². The highest BCUT2D eigenvalue weighted by molar-refractivity contribution is 6.43. The smallest absolute Gasteiger partial charge is 0.255 e. The fraction of sp³-hybridized carbons (Fsp3) is 0.389. The molecule has 0 N–H and O–H groups in total. The van der Waals surface area contributed by atoms with E-state index in [0.29, 0.717) is 49.7 Å². The second kappa shape index (κ2) is 8.10. The van der Waals surface area contributed by atoms with Crippen LogP contribution < -0.4 is 0 Å². The molecule has 0 radical (unpaired) electrons. The molecule has 0 aliphatic carbocycles. The van der Waals surface area contributed by atoms with Crippen molar-refractivity contribution in [2.45, 2.75) is 19.9 Å². The molecule has 1 saturated heterocycles. The number of aromatic nitrogens is 2. The molecule has 1 aromatic heterocycles. The molecule has 1 aromatic carbocycles. The Bertz CT molecular complexity index is 813. The molecule has 2 heterocycles. The van der Waals surface area contributed by atoms with Gasteiger partial charge in [0.1, 0.15) is 0 Å². The van der Waals surface area contributed by atoms with Crippen LogP contribution >= 0.6 is 23.2 Å². The minimum Gasteiger partial charge on any atom is -0.339 e. The number of benzene rings is 1. The Hall–Kier alpha value is -2.05. The molecule has 6 nitrogen and oxygen atoms in total. The van der Waals surface area contributed by atoms with Crippen molar-refractivity contribution < 1.29 is 9.59 Å². The van der Waals surface area contributed by atoms with Gasteiger partial charge in [0.25, 0.3) is 5.91 Å². The van der Waals surface area contributed by atoms with E-state index in [0.717, 1.165) is 5.56 Å². The zero-order valence-corrected chi connectivity index (χ0v) is 16.0. The maximum absolute atomic E-state index is 12.6. The van der Waals surface area contributed by atoms with E-state index >= 15 is 0 Å². The maximum atomic E-state index is 12.6. The summed E-state index contributed by atoms with van der Waals surface area (Å²) in [6.45, 7) is 4.52. The first-order valence-corrected chi connectivity index (χ1v) is 9.21. The zero-order chi connectivity index (χ0) is 18.7. The highest BCUT2D eigenvalue weighted by Gasteiger charge is 2.26. The topological polar surface area (TPSA) is 58.4 Å². The Kier molecular flexibility index (Phi) is 5.84. The zero-order valence-electron chi connectivity index (χ0n) is 14.5. The molecule has 1 fully saturated rings. The summed E-state index contributed by atoms with van der Waals surface area (Å²) < 4.78 is 1.77. The number of rotatable bonds is 4. The van der Waals surface area contributed by atoms with Gasteiger partial charge < -0.3 is 9.80 Å². The molecule has 0 atom stereocenters. The second-order valence-corrected chi connectivity index (χ2v) is 7.09. The number of carbonyl (C=O) groups excluding carboxylic acids is 2. The van der Waals surface area contributed by atoms with E-state index in [9.17, 15) is 9.59 Å². The molecule has 8 heteroatoms. The van der Waals surface area contributed by atoms with Crippen LogP contribution in [0.2, 0.25) is 10.0 Å². The Balaban J connectivity index is 1.52. The first kappa shape index (κ1) is 18.7. The van der Waals surface area contributed by atoms with Crippen LogP contribution in [0.25, 0.3) is 0 Å². The van der Waals surface area contributed by atoms with Crippen LogP contribution in [0.1, 0.15) is 22.3 Å². The summed E-state index contributed by atoms with van der Waals surface area (Å²) in [5.41, 5.74) is 1.47. The van der Waals surface area contributed by atoms with Gasteiger partial charge in [0.15, 0.2) is 0 Å². The van der Waals surface area contributed by atoms with Crippen LogP contribution in [-0.4, -0.2) is 57.6 Å². The Morgan fingerprint density at radius 1 is 1.12 bits per heavy atom. The van der Waals surface area contributed by atoms with E-state index in [1.165, 1.54) is 0 Å². The summed E-state index contributed by atoms with van der Waals surface area (Å²) in [7, 11) is 0. The van der Waals surface area contributed by atoms with Gasteiger partial charge in [-0.05, 0) is 24.6 Å². The first-order valence-electron chi connectivity index (χ1n) is 8.46. The average Bonchev–Trinajstić information content (AvgIpc) is 3.07. The van der Waals surface area contributed by atoms with Crippen molar-refractivity contribution in [1.82, 2.24) is 19.6 Å². The molecule has 0 spiro atoms. The number of halogens is 2. The third-order valence-electron chi connectivity index (χ3n) is 4.42. The summed E-state index contributed by atoms with van der Waals surface area (Å²) >= 11 is 12.1. The summed E-state index contributed by atoms with van der Waals surface area (Å²) in [6.07, 6.45) is 4.09. The van der Waals surface area contributed by atoms with Crippen LogP contribution in [0.3, 0.4) is 0 Å². The SMILES string of the molecule is Cc1cnn(CCC(=O)N2CCN(C(=O)c3cccc(Cl)c3Cl)CC2)c1. The molecule has 0 saturated carbocycles. The average molecular weight is 395 g/mol. The van der Waals surface area contributed by atoms with E-state index in [1.807, 2.05) is 13.1 Å². The van der Waals surface area contributed by atoms with Crippen LogP contribution in [0, 0.1) is 6.92 Å². The number of hydrogen-bond acceptors (Lipinski definition) is 3. The van der Waals surface area contributed by atoms with Gasteiger partial charge >= 0.3 is 0 Å². The number of amides is 2. The van der Waals surface area contributed by atoms with Gasteiger partial charge in [-0.1, -0.05) is 29.3 Å². The molecular formula is C18H20Cl2N4O2. The fourth-order valence-corrected chi connectivity index (χ4v) is 3.34. The second-order valence-electron chi connectivity index (χ2n) is 6.31. The molecule has 3 rings (SSSR count). The molecule has 2 aromatic rings. The third-order valence-corrected chi connectivity index (χ3v) is 5.24. The highest BCUT2D eigenvalue weighted by atomic mass is 35.5. The number of carbonyl (C=O) groups is 2. The number of nitrogens with zero attached hydrogens (tertiary/aromatic N) is 4. The quantitative estimate of drug-likeness (QED) is 0.800. The Morgan fingerprint density at radius 2 is 1.81 bits per heavy atom. The van der Waals surface area contributed by atoms with Gasteiger partial charge in [-0.2, -0.15) is 5.10 Å². The monoisotopic (exact) mass is 394 g/mol. The first-order chi connectivity index (χ1) is 12.5. The lowest BCUT2D eigenvalue weighted by Crippen LogP contribution is -2.50. The predicted octanol–water partition coefficient (Wildman–Crippen LogP) is 2.87. The summed E-state index contributed by atoms with van der Waals surface area (Å²) in [5, 5.41) is 4.82. The molecule has 1 aliphatic heterocycles. The number of piperazine rings is 1. The van der Waals surface area contributed by atoms with Gasteiger partial charge in [0.05, 0.1) is 21.8 Å². The molecule has 2 amide bonds. The van der Waals surface area contributed by atoms with Crippen LogP contribution in [0.5, 0.6) is 0 Å². The fourth-order valence-electron chi connectivity index (χ4n) is 2.96. The van der Waals surface area contributed by atoms with E-state index in [-0.39, 0.29) is 16.8 Å². The highest BCUT2D eigenvalue weighted by Crippen LogP contribution is 2.26. The van der Waals surface area contributed by atoms with E-state index < -0.39 is 0 Å². The van der Waals surface area contributed by atoms with Crippen LogP contribution in [0.4, 0.5) is 0 Å². The van der Waals surface area contributed by atoms with Crippen molar-refractivity contribution in [1.29, 1.82) is 0 Å². The van der Waals surface area contributed by atoms with Gasteiger partial charge in [0, 0.05) is 45.3 Å². The molecular weight excluding hydrogens is 375 g/mol. The van der Waals surface area contributed by atoms with E-state index in [2.05, 4.69) is 5.10 Å². The normalized spacial score (nSPS) is 14.6. The van der Waals surface area contributed by atoms with Crippen LogP contribution in [0.15, 0.2) is 30.6 Å². The Morgan fingerprint density at radius 3 is 2.46 bits per heavy atom. The van der Waals surface area contributed by atoms with Gasteiger partial charge in [-0.3, -0.25) is 14.3 Å². The van der Waals surface area contributed by atoms with Crippen molar-refractivity contribution in [3.63, 3.8) is 0 Å². The number of aryl methyl sites for hydroxylation is 2. The molecule has 1 aliphatic rings.